The third-order valence-electron chi connectivity index (χ3n) is 3.55. The molecule has 0 aliphatic carbocycles. The average molecular weight is 376 g/mol. The van der Waals surface area contributed by atoms with Crippen LogP contribution in [0.5, 0.6) is 5.75 Å². The molecule has 6 heteroatoms. The van der Waals surface area contributed by atoms with Crippen LogP contribution in [0.15, 0.2) is 42.5 Å². The van der Waals surface area contributed by atoms with E-state index in [1.54, 1.807) is 63.2 Å². The summed E-state index contributed by atoms with van der Waals surface area (Å²) in [4.78, 5) is 24.1. The molecular formula is C20H22ClNO4. The van der Waals surface area contributed by atoms with Crippen molar-refractivity contribution in [3.63, 3.8) is 0 Å². The molecule has 2 rings (SSSR count). The van der Waals surface area contributed by atoms with E-state index in [-0.39, 0.29) is 12.0 Å². The predicted octanol–water partition coefficient (Wildman–Crippen LogP) is 4.62. The lowest BCUT2D eigenvalue weighted by atomic mass is 10.1. The van der Waals surface area contributed by atoms with Crippen molar-refractivity contribution < 1.29 is 19.1 Å². The van der Waals surface area contributed by atoms with Crippen molar-refractivity contribution in [1.29, 1.82) is 0 Å². The summed E-state index contributed by atoms with van der Waals surface area (Å²) < 4.78 is 10.6. The van der Waals surface area contributed by atoms with E-state index in [1.807, 2.05) is 6.92 Å². The molecule has 2 aromatic carbocycles. The monoisotopic (exact) mass is 375 g/mol. The zero-order chi connectivity index (χ0) is 19.3. The summed E-state index contributed by atoms with van der Waals surface area (Å²) in [6, 6.07) is 11.8. The molecule has 0 fully saturated rings. The maximum absolute atomic E-state index is 12.4. The zero-order valence-electron chi connectivity index (χ0n) is 15.2. The third-order valence-corrected chi connectivity index (χ3v) is 3.78. The minimum atomic E-state index is -0.728. The second-order valence-corrected chi connectivity index (χ2v) is 6.62. The number of aryl methyl sites for hydroxylation is 1. The third kappa shape index (κ3) is 5.49. The Hall–Kier alpha value is -2.53. The Bertz CT molecular complexity index is 787. The minimum Gasteiger partial charge on any atom is -0.479 e. The van der Waals surface area contributed by atoms with Gasteiger partial charge in [-0.3, -0.25) is 4.79 Å². The van der Waals surface area contributed by atoms with Gasteiger partial charge in [-0.05, 0) is 75.7 Å². The second kappa shape index (κ2) is 8.72. The van der Waals surface area contributed by atoms with E-state index in [0.717, 1.165) is 5.56 Å². The highest BCUT2D eigenvalue weighted by atomic mass is 35.5. The second-order valence-electron chi connectivity index (χ2n) is 6.18. The van der Waals surface area contributed by atoms with Crippen LogP contribution in [0.1, 0.15) is 36.7 Å². The van der Waals surface area contributed by atoms with Gasteiger partial charge in [-0.2, -0.15) is 0 Å². The van der Waals surface area contributed by atoms with Crippen molar-refractivity contribution in [2.24, 2.45) is 0 Å². The molecular weight excluding hydrogens is 354 g/mol. The van der Waals surface area contributed by atoms with E-state index in [1.165, 1.54) is 0 Å². The van der Waals surface area contributed by atoms with Gasteiger partial charge >= 0.3 is 5.97 Å². The van der Waals surface area contributed by atoms with Gasteiger partial charge in [-0.1, -0.05) is 11.6 Å². The number of hydrogen-bond acceptors (Lipinski definition) is 4. The SMILES string of the molecule is Cc1cc(Cl)ccc1NC(=O)c1ccc(O[C@H](C)C(=O)OC(C)C)cc1. The van der Waals surface area contributed by atoms with Crippen molar-refractivity contribution in [3.8, 4) is 5.75 Å². The van der Waals surface area contributed by atoms with E-state index < -0.39 is 12.1 Å². The Kier molecular flexibility index (Phi) is 6.64. The number of ether oxygens (including phenoxy) is 2. The Morgan fingerprint density at radius 3 is 2.27 bits per heavy atom. The number of carbonyl (C=O) groups excluding carboxylic acids is 2. The normalized spacial score (nSPS) is 11.8. The summed E-state index contributed by atoms with van der Waals surface area (Å²) in [6.45, 7) is 7.05. The summed E-state index contributed by atoms with van der Waals surface area (Å²) in [5, 5.41) is 3.46. The fraction of sp³-hybridized carbons (Fsp3) is 0.300. The molecule has 0 aliphatic rings. The van der Waals surface area contributed by atoms with Gasteiger partial charge in [-0.25, -0.2) is 4.79 Å². The molecule has 1 atom stereocenters. The van der Waals surface area contributed by atoms with E-state index in [0.29, 0.717) is 22.0 Å². The van der Waals surface area contributed by atoms with E-state index in [9.17, 15) is 9.59 Å². The molecule has 1 N–H and O–H groups in total. The highest BCUT2D eigenvalue weighted by Gasteiger charge is 2.18. The molecule has 0 spiro atoms. The first-order chi connectivity index (χ1) is 12.3. The number of halogens is 1. The Balaban J connectivity index is 2.00. The number of benzene rings is 2. The molecule has 0 bridgehead atoms. The average Bonchev–Trinajstić information content (AvgIpc) is 2.57. The molecule has 0 saturated heterocycles. The summed E-state index contributed by atoms with van der Waals surface area (Å²) >= 11 is 5.92. The molecule has 0 heterocycles. The fourth-order valence-electron chi connectivity index (χ4n) is 2.23. The summed E-state index contributed by atoms with van der Waals surface area (Å²) in [6.07, 6.45) is -0.926. The standard InChI is InChI=1S/C20H22ClNO4/c1-12(2)25-20(24)14(4)26-17-8-5-15(6-9-17)19(23)22-18-10-7-16(21)11-13(18)3/h5-12,14H,1-4H3,(H,22,23)/t14-/m1/s1. The maximum atomic E-state index is 12.4. The van der Waals surface area contributed by atoms with Crippen molar-refractivity contribution in [3.05, 3.63) is 58.6 Å². The van der Waals surface area contributed by atoms with Crippen LogP contribution in [0.25, 0.3) is 0 Å². The Morgan fingerprint density at radius 1 is 1.04 bits per heavy atom. The number of nitrogens with one attached hydrogen (secondary N) is 1. The smallest absolute Gasteiger partial charge is 0.347 e. The van der Waals surface area contributed by atoms with Gasteiger partial charge < -0.3 is 14.8 Å². The maximum Gasteiger partial charge on any atom is 0.347 e. The zero-order valence-corrected chi connectivity index (χ0v) is 16.0. The van der Waals surface area contributed by atoms with E-state index >= 15 is 0 Å². The number of carbonyl (C=O) groups is 2. The van der Waals surface area contributed by atoms with Crippen LogP contribution in [0.4, 0.5) is 5.69 Å². The number of hydrogen-bond donors (Lipinski definition) is 1. The number of esters is 1. The van der Waals surface area contributed by atoms with Crippen LogP contribution in [0.2, 0.25) is 5.02 Å². The lowest BCUT2D eigenvalue weighted by Gasteiger charge is -2.16. The summed E-state index contributed by atoms with van der Waals surface area (Å²) in [5.74, 6) is -0.188. The molecule has 0 aliphatic heterocycles. The molecule has 138 valence electrons. The van der Waals surface area contributed by atoms with Crippen LogP contribution < -0.4 is 10.1 Å². The van der Waals surface area contributed by atoms with Gasteiger partial charge in [0.05, 0.1) is 6.10 Å². The molecule has 0 radical (unpaired) electrons. The van der Waals surface area contributed by atoms with Gasteiger partial charge in [0.2, 0.25) is 0 Å². The van der Waals surface area contributed by atoms with Crippen LogP contribution in [0.3, 0.4) is 0 Å². The van der Waals surface area contributed by atoms with Gasteiger partial charge in [-0.15, -0.1) is 0 Å². The molecule has 1 amide bonds. The van der Waals surface area contributed by atoms with Crippen molar-refractivity contribution in [2.45, 2.75) is 39.9 Å². The topological polar surface area (TPSA) is 64.6 Å². The lowest BCUT2D eigenvalue weighted by Crippen LogP contribution is -2.28. The number of anilines is 1. The molecule has 0 unspecified atom stereocenters. The molecule has 0 saturated carbocycles. The molecule has 0 aromatic heterocycles. The number of rotatable bonds is 6. The fourth-order valence-corrected chi connectivity index (χ4v) is 2.45. The summed E-state index contributed by atoms with van der Waals surface area (Å²) in [7, 11) is 0. The van der Waals surface area contributed by atoms with E-state index in [4.69, 9.17) is 21.1 Å². The Morgan fingerprint density at radius 2 is 1.69 bits per heavy atom. The number of amides is 1. The molecule has 5 nitrogen and oxygen atoms in total. The highest BCUT2D eigenvalue weighted by Crippen LogP contribution is 2.21. The van der Waals surface area contributed by atoms with Gasteiger partial charge in [0, 0.05) is 16.3 Å². The molecule has 2 aromatic rings. The largest absolute Gasteiger partial charge is 0.479 e. The van der Waals surface area contributed by atoms with Crippen molar-refractivity contribution >= 4 is 29.2 Å². The van der Waals surface area contributed by atoms with Gasteiger partial charge in [0.15, 0.2) is 6.10 Å². The van der Waals surface area contributed by atoms with Crippen LogP contribution in [-0.4, -0.2) is 24.1 Å². The minimum absolute atomic E-state index is 0.198. The van der Waals surface area contributed by atoms with Crippen LogP contribution in [0, 0.1) is 6.92 Å². The first kappa shape index (κ1) is 19.8. The van der Waals surface area contributed by atoms with Crippen LogP contribution >= 0.6 is 11.6 Å². The van der Waals surface area contributed by atoms with Gasteiger partial charge in [0.1, 0.15) is 5.75 Å². The first-order valence-electron chi connectivity index (χ1n) is 8.31. The summed E-state index contributed by atoms with van der Waals surface area (Å²) in [5.41, 5.74) is 2.05. The Labute approximate surface area is 158 Å². The van der Waals surface area contributed by atoms with Gasteiger partial charge in [0.25, 0.3) is 5.91 Å². The van der Waals surface area contributed by atoms with Crippen molar-refractivity contribution in [2.75, 3.05) is 5.32 Å². The lowest BCUT2D eigenvalue weighted by molar-refractivity contribution is -0.154. The highest BCUT2D eigenvalue weighted by molar-refractivity contribution is 6.30. The predicted molar refractivity (Wildman–Crippen MR) is 102 cm³/mol. The first-order valence-corrected chi connectivity index (χ1v) is 8.68. The molecule has 26 heavy (non-hydrogen) atoms. The quantitative estimate of drug-likeness (QED) is 0.748. The van der Waals surface area contributed by atoms with Crippen molar-refractivity contribution in [1.82, 2.24) is 0 Å². The van der Waals surface area contributed by atoms with Crippen LogP contribution in [-0.2, 0) is 9.53 Å². The van der Waals surface area contributed by atoms with E-state index in [2.05, 4.69) is 5.32 Å².